The summed E-state index contributed by atoms with van der Waals surface area (Å²) in [4.78, 5) is 15.9. The number of β-amino-alcohol motifs (C(OH)–C–C–N with tert-alkyl or cyclic N) is 1. The van der Waals surface area contributed by atoms with Crippen molar-refractivity contribution in [1.82, 2.24) is 35.3 Å². The molecule has 0 spiro atoms. The molecule has 2 N–H and O–H groups in total. The molecule has 0 aliphatic carbocycles. The third kappa shape index (κ3) is 3.59. The van der Waals surface area contributed by atoms with Gasteiger partial charge < -0.3 is 10.0 Å². The van der Waals surface area contributed by atoms with Crippen LogP contribution in [-0.4, -0.2) is 65.5 Å². The molecule has 0 bridgehead atoms. The van der Waals surface area contributed by atoms with E-state index in [4.69, 9.17) is 0 Å². The minimum Gasteiger partial charge on any atom is -0.391 e. The molecule has 1 aliphatic heterocycles. The Kier molecular flexibility index (Phi) is 4.44. The Morgan fingerprint density at radius 1 is 1.30 bits per heavy atom. The van der Waals surface area contributed by atoms with E-state index in [-0.39, 0.29) is 11.8 Å². The summed E-state index contributed by atoms with van der Waals surface area (Å²) >= 11 is 0. The van der Waals surface area contributed by atoms with Crippen molar-refractivity contribution >= 4 is 5.91 Å². The van der Waals surface area contributed by atoms with E-state index < -0.39 is 6.10 Å². The molecule has 140 valence electrons. The van der Waals surface area contributed by atoms with Crippen molar-refractivity contribution in [2.24, 2.45) is 13.0 Å². The van der Waals surface area contributed by atoms with Crippen LogP contribution in [0.5, 0.6) is 0 Å². The lowest BCUT2D eigenvalue weighted by molar-refractivity contribution is 0.0764. The molecule has 9 nitrogen and oxygen atoms in total. The van der Waals surface area contributed by atoms with Crippen molar-refractivity contribution in [3.8, 4) is 11.4 Å². The van der Waals surface area contributed by atoms with Gasteiger partial charge in [-0.05, 0) is 36.8 Å². The highest BCUT2D eigenvalue weighted by molar-refractivity contribution is 5.94. The van der Waals surface area contributed by atoms with E-state index in [1.807, 2.05) is 13.0 Å². The molecule has 3 heterocycles. The van der Waals surface area contributed by atoms with Crippen molar-refractivity contribution in [3.05, 3.63) is 47.3 Å². The van der Waals surface area contributed by atoms with E-state index in [2.05, 4.69) is 25.6 Å². The van der Waals surface area contributed by atoms with Crippen LogP contribution in [0, 0.1) is 12.8 Å². The normalized spacial score (nSPS) is 19.6. The van der Waals surface area contributed by atoms with E-state index in [1.54, 1.807) is 36.2 Å². The molecule has 1 amide bonds. The van der Waals surface area contributed by atoms with E-state index in [9.17, 15) is 9.90 Å². The first kappa shape index (κ1) is 17.3. The number of aromatic nitrogens is 6. The summed E-state index contributed by atoms with van der Waals surface area (Å²) < 4.78 is 0. The van der Waals surface area contributed by atoms with Gasteiger partial charge in [-0.1, -0.05) is 12.1 Å². The van der Waals surface area contributed by atoms with Gasteiger partial charge >= 0.3 is 0 Å². The number of nitrogens with one attached hydrogen (secondary N) is 1. The summed E-state index contributed by atoms with van der Waals surface area (Å²) in [5, 5.41) is 29.4. The zero-order valence-electron chi connectivity index (χ0n) is 15.2. The summed E-state index contributed by atoms with van der Waals surface area (Å²) in [6, 6.07) is 9.09. The highest BCUT2D eigenvalue weighted by Gasteiger charge is 2.34. The maximum atomic E-state index is 12.8. The van der Waals surface area contributed by atoms with Crippen molar-refractivity contribution in [3.63, 3.8) is 0 Å². The number of carbonyl (C=O) groups excluding carboxylic acids is 1. The van der Waals surface area contributed by atoms with Crippen molar-refractivity contribution in [2.45, 2.75) is 19.4 Å². The van der Waals surface area contributed by atoms with Gasteiger partial charge in [-0.25, -0.2) is 0 Å². The molecule has 1 fully saturated rings. The number of aliphatic hydroxyl groups is 1. The number of aryl methyl sites for hydroxylation is 2. The Bertz CT molecular complexity index is 947. The summed E-state index contributed by atoms with van der Waals surface area (Å²) in [6.45, 7) is 2.79. The van der Waals surface area contributed by atoms with Gasteiger partial charge in [0.15, 0.2) is 0 Å². The van der Waals surface area contributed by atoms with Crippen LogP contribution in [0.3, 0.4) is 0 Å². The second kappa shape index (κ2) is 6.92. The Balaban J connectivity index is 1.43. The predicted molar refractivity (Wildman–Crippen MR) is 96.7 cm³/mol. The van der Waals surface area contributed by atoms with Gasteiger partial charge in [0.2, 0.25) is 5.82 Å². The zero-order chi connectivity index (χ0) is 19.0. The Hall–Kier alpha value is -3.07. The first-order chi connectivity index (χ1) is 13.0. The first-order valence-electron chi connectivity index (χ1n) is 8.82. The lowest BCUT2D eigenvalue weighted by atomic mass is 10.00. The summed E-state index contributed by atoms with van der Waals surface area (Å²) in [7, 11) is 1.70. The van der Waals surface area contributed by atoms with E-state index >= 15 is 0 Å². The molecule has 0 unspecified atom stereocenters. The van der Waals surface area contributed by atoms with Crippen LogP contribution in [0.4, 0.5) is 0 Å². The third-order valence-corrected chi connectivity index (χ3v) is 4.82. The van der Waals surface area contributed by atoms with Crippen LogP contribution in [0.25, 0.3) is 11.4 Å². The number of benzene rings is 1. The number of aromatic amines is 1. The van der Waals surface area contributed by atoms with Crippen molar-refractivity contribution in [2.75, 3.05) is 13.1 Å². The number of amides is 1. The fourth-order valence-corrected chi connectivity index (χ4v) is 3.41. The number of tetrazole rings is 1. The fraction of sp³-hybridized carbons (Fsp3) is 0.389. The summed E-state index contributed by atoms with van der Waals surface area (Å²) in [5.74, 6) is 0.413. The molecule has 27 heavy (non-hydrogen) atoms. The molecule has 1 aliphatic rings. The number of aliphatic hydroxyl groups excluding tert-OH is 1. The molecule has 0 radical (unpaired) electrons. The largest absolute Gasteiger partial charge is 0.391 e. The van der Waals surface area contributed by atoms with Gasteiger partial charge in [0.25, 0.3) is 5.91 Å². The number of hydrogen-bond donors (Lipinski definition) is 2. The van der Waals surface area contributed by atoms with Crippen LogP contribution in [0.15, 0.2) is 30.3 Å². The van der Waals surface area contributed by atoms with Gasteiger partial charge in [0.1, 0.15) is 0 Å². The second-order valence-electron chi connectivity index (χ2n) is 6.96. The van der Waals surface area contributed by atoms with Gasteiger partial charge in [0.05, 0.1) is 18.8 Å². The minimum atomic E-state index is -0.547. The Morgan fingerprint density at radius 2 is 2.07 bits per heavy atom. The highest BCUT2D eigenvalue weighted by atomic mass is 16.3. The highest BCUT2D eigenvalue weighted by Crippen LogP contribution is 2.23. The minimum absolute atomic E-state index is 0.0142. The van der Waals surface area contributed by atoms with Gasteiger partial charge in [-0.3, -0.25) is 9.89 Å². The SMILES string of the molecule is Cc1cc(C[C@@H]2CN(C(=O)c3ccc(-c4nnn(C)n4)cc3)C[C@H]2O)n[nH]1. The van der Waals surface area contributed by atoms with Crippen LogP contribution < -0.4 is 0 Å². The molecule has 1 saturated heterocycles. The van der Waals surface area contributed by atoms with Crippen molar-refractivity contribution < 1.29 is 9.90 Å². The van der Waals surface area contributed by atoms with Crippen LogP contribution in [-0.2, 0) is 13.5 Å². The number of hydrogen-bond acceptors (Lipinski definition) is 6. The topological polar surface area (TPSA) is 113 Å². The molecular weight excluding hydrogens is 346 g/mol. The van der Waals surface area contributed by atoms with Crippen LogP contribution >= 0.6 is 0 Å². The standard InChI is InChI=1S/C18H21N7O2/c1-11-7-15(20-19-11)8-14-9-25(10-16(14)26)18(27)13-5-3-12(4-6-13)17-21-23-24(2)22-17/h3-7,14,16,26H,8-10H2,1-2H3,(H,19,20)/t14-,16-/m1/s1. The molecule has 2 atom stereocenters. The second-order valence-corrected chi connectivity index (χ2v) is 6.96. The van der Waals surface area contributed by atoms with Gasteiger partial charge in [-0.15, -0.1) is 10.2 Å². The Morgan fingerprint density at radius 3 is 2.70 bits per heavy atom. The molecule has 9 heteroatoms. The number of carbonyl (C=O) groups is 1. The first-order valence-corrected chi connectivity index (χ1v) is 8.82. The zero-order valence-corrected chi connectivity index (χ0v) is 15.2. The van der Waals surface area contributed by atoms with Crippen molar-refractivity contribution in [1.29, 1.82) is 0 Å². The van der Waals surface area contributed by atoms with Crippen LogP contribution in [0.1, 0.15) is 21.7 Å². The number of nitrogens with zero attached hydrogens (tertiary/aromatic N) is 6. The van der Waals surface area contributed by atoms with Gasteiger partial charge in [-0.2, -0.15) is 9.90 Å². The molecule has 0 saturated carbocycles. The molecule has 2 aromatic heterocycles. The Labute approximate surface area is 156 Å². The molecular formula is C18H21N7O2. The predicted octanol–water partition coefficient (Wildman–Crippen LogP) is 0.584. The molecule has 1 aromatic carbocycles. The quantitative estimate of drug-likeness (QED) is 0.698. The fourth-order valence-electron chi connectivity index (χ4n) is 3.41. The molecule has 4 rings (SSSR count). The maximum absolute atomic E-state index is 12.8. The van der Waals surface area contributed by atoms with Gasteiger partial charge in [0, 0.05) is 35.8 Å². The number of likely N-dealkylation sites (tertiary alicyclic amines) is 1. The number of H-pyrrole nitrogens is 1. The maximum Gasteiger partial charge on any atom is 0.253 e. The van der Waals surface area contributed by atoms with Crippen LogP contribution in [0.2, 0.25) is 0 Å². The monoisotopic (exact) mass is 367 g/mol. The molecule has 3 aromatic rings. The summed E-state index contributed by atoms with van der Waals surface area (Å²) in [6.07, 6.45) is 0.0982. The number of rotatable bonds is 4. The van der Waals surface area contributed by atoms with E-state index in [0.717, 1.165) is 17.0 Å². The smallest absolute Gasteiger partial charge is 0.253 e. The summed E-state index contributed by atoms with van der Waals surface area (Å²) in [5.41, 5.74) is 3.27. The van der Waals surface area contributed by atoms with E-state index in [0.29, 0.717) is 30.9 Å². The average Bonchev–Trinajstić information content (AvgIpc) is 3.36. The average molecular weight is 367 g/mol. The third-order valence-electron chi connectivity index (χ3n) is 4.82. The lowest BCUT2D eigenvalue weighted by Gasteiger charge is -2.16. The lowest BCUT2D eigenvalue weighted by Crippen LogP contribution is -2.29. The van der Waals surface area contributed by atoms with E-state index in [1.165, 1.54) is 4.80 Å².